The normalized spacial score (nSPS) is 12.6. The number of carbonyl (C=O) groups is 1. The van der Waals surface area contributed by atoms with Gasteiger partial charge in [-0.2, -0.15) is 0 Å². The van der Waals surface area contributed by atoms with Crippen molar-refractivity contribution in [2.45, 2.75) is 46.6 Å². The first-order valence-corrected chi connectivity index (χ1v) is 7.35. The van der Waals surface area contributed by atoms with Gasteiger partial charge in [-0.1, -0.05) is 32.8 Å². The number of hydrogen-bond donors (Lipinski definition) is 1. The molecule has 1 aromatic rings. The summed E-state index contributed by atoms with van der Waals surface area (Å²) in [6.45, 7) is 8.42. The van der Waals surface area contributed by atoms with Gasteiger partial charge in [0.25, 0.3) is 5.91 Å². The maximum atomic E-state index is 12.2. The van der Waals surface area contributed by atoms with Crippen molar-refractivity contribution in [2.75, 3.05) is 0 Å². The predicted molar refractivity (Wildman–Crippen MR) is 79.9 cm³/mol. The van der Waals surface area contributed by atoms with E-state index in [9.17, 15) is 4.79 Å². The second-order valence-corrected chi connectivity index (χ2v) is 5.68. The molecule has 1 atom stereocenters. The molecule has 100 valence electrons. The lowest BCUT2D eigenvalue weighted by molar-refractivity contribution is 0.0924. The van der Waals surface area contributed by atoms with E-state index >= 15 is 0 Å². The Bertz CT molecular complexity index is 413. The minimum absolute atomic E-state index is 0.00118. The Balaban J connectivity index is 2.76. The number of amides is 1. The summed E-state index contributed by atoms with van der Waals surface area (Å²) < 4.78 is 0.858. The molecule has 0 bridgehead atoms. The van der Waals surface area contributed by atoms with Crippen LogP contribution in [-0.4, -0.2) is 11.9 Å². The van der Waals surface area contributed by atoms with E-state index in [1.165, 1.54) is 0 Å². The minimum atomic E-state index is 0.00118. The van der Waals surface area contributed by atoms with E-state index in [0.717, 1.165) is 22.9 Å². The van der Waals surface area contributed by atoms with Crippen molar-refractivity contribution in [3.05, 3.63) is 33.8 Å². The summed E-state index contributed by atoms with van der Waals surface area (Å²) in [6, 6.07) is 6.01. The first-order chi connectivity index (χ1) is 8.49. The monoisotopic (exact) mass is 311 g/mol. The predicted octanol–water partition coefficient (Wildman–Crippen LogP) is 4.31. The lowest BCUT2D eigenvalue weighted by Crippen LogP contribution is -2.37. The van der Waals surface area contributed by atoms with Gasteiger partial charge in [0, 0.05) is 10.5 Å². The number of aryl methyl sites for hydroxylation is 1. The van der Waals surface area contributed by atoms with Gasteiger partial charge in [-0.25, -0.2) is 0 Å². The van der Waals surface area contributed by atoms with E-state index in [-0.39, 0.29) is 11.9 Å². The summed E-state index contributed by atoms with van der Waals surface area (Å²) in [7, 11) is 0. The number of halogens is 1. The average Bonchev–Trinajstić information content (AvgIpc) is 2.30. The summed E-state index contributed by atoms with van der Waals surface area (Å²) in [5.74, 6) is 0.541. The van der Waals surface area contributed by atoms with Gasteiger partial charge in [-0.3, -0.25) is 4.79 Å². The highest BCUT2D eigenvalue weighted by Crippen LogP contribution is 2.19. The number of carbonyl (C=O) groups excluding carboxylic acids is 1. The topological polar surface area (TPSA) is 29.1 Å². The van der Waals surface area contributed by atoms with Crippen molar-refractivity contribution in [3.63, 3.8) is 0 Å². The minimum Gasteiger partial charge on any atom is -0.349 e. The maximum absolute atomic E-state index is 12.2. The first-order valence-electron chi connectivity index (χ1n) is 6.56. The Kier molecular flexibility index (Phi) is 5.86. The van der Waals surface area contributed by atoms with Crippen molar-refractivity contribution in [1.29, 1.82) is 0 Å². The molecule has 0 aliphatic rings. The molecular formula is C15H22BrNO. The SMILES string of the molecule is CCC(CC)C(C)NC(=O)c1ccc(C)cc1Br. The summed E-state index contributed by atoms with van der Waals surface area (Å²) in [5.41, 5.74) is 1.85. The van der Waals surface area contributed by atoms with Crippen molar-refractivity contribution < 1.29 is 4.79 Å². The highest BCUT2D eigenvalue weighted by atomic mass is 79.9. The molecule has 0 aromatic heterocycles. The van der Waals surface area contributed by atoms with E-state index in [1.54, 1.807) is 0 Å². The van der Waals surface area contributed by atoms with Crippen molar-refractivity contribution in [2.24, 2.45) is 5.92 Å². The van der Waals surface area contributed by atoms with Crippen LogP contribution in [0, 0.1) is 12.8 Å². The van der Waals surface area contributed by atoms with Gasteiger partial charge in [0.05, 0.1) is 5.56 Å². The molecule has 0 radical (unpaired) electrons. The lowest BCUT2D eigenvalue weighted by Gasteiger charge is -2.22. The molecule has 0 aliphatic heterocycles. The highest BCUT2D eigenvalue weighted by molar-refractivity contribution is 9.10. The molecule has 0 fully saturated rings. The van der Waals surface area contributed by atoms with Gasteiger partial charge in [0.2, 0.25) is 0 Å². The van der Waals surface area contributed by atoms with Crippen LogP contribution in [0.15, 0.2) is 22.7 Å². The molecule has 1 N–H and O–H groups in total. The third-order valence-corrected chi connectivity index (χ3v) is 4.14. The molecule has 3 heteroatoms. The van der Waals surface area contributed by atoms with Gasteiger partial charge >= 0.3 is 0 Å². The van der Waals surface area contributed by atoms with E-state index in [4.69, 9.17) is 0 Å². The summed E-state index contributed by atoms with van der Waals surface area (Å²) in [5, 5.41) is 3.09. The maximum Gasteiger partial charge on any atom is 0.252 e. The molecule has 1 unspecified atom stereocenters. The molecule has 2 nitrogen and oxygen atoms in total. The van der Waals surface area contributed by atoms with Crippen LogP contribution in [0.3, 0.4) is 0 Å². The summed E-state index contributed by atoms with van der Waals surface area (Å²) >= 11 is 3.45. The molecule has 18 heavy (non-hydrogen) atoms. The zero-order valence-electron chi connectivity index (χ0n) is 11.6. The molecule has 0 heterocycles. The molecule has 1 amide bonds. The molecular weight excluding hydrogens is 290 g/mol. The molecule has 0 saturated heterocycles. The Morgan fingerprint density at radius 3 is 2.44 bits per heavy atom. The fourth-order valence-corrected chi connectivity index (χ4v) is 2.88. The van der Waals surface area contributed by atoms with E-state index in [2.05, 4.69) is 42.0 Å². The fourth-order valence-electron chi connectivity index (χ4n) is 2.20. The van der Waals surface area contributed by atoms with Crippen LogP contribution in [0.1, 0.15) is 49.5 Å². The van der Waals surface area contributed by atoms with Crippen LogP contribution >= 0.6 is 15.9 Å². The number of nitrogens with one attached hydrogen (secondary N) is 1. The molecule has 0 saturated carbocycles. The quantitative estimate of drug-likeness (QED) is 0.862. The van der Waals surface area contributed by atoms with E-state index in [1.807, 2.05) is 25.1 Å². The second kappa shape index (κ2) is 6.93. The van der Waals surface area contributed by atoms with E-state index < -0.39 is 0 Å². The Morgan fingerprint density at radius 2 is 1.94 bits per heavy atom. The van der Waals surface area contributed by atoms with Crippen LogP contribution in [0.2, 0.25) is 0 Å². The molecule has 0 spiro atoms. The Hall–Kier alpha value is -0.830. The number of benzene rings is 1. The molecule has 1 rings (SSSR count). The van der Waals surface area contributed by atoms with Gasteiger partial charge in [0.15, 0.2) is 0 Å². The smallest absolute Gasteiger partial charge is 0.252 e. The summed E-state index contributed by atoms with van der Waals surface area (Å²) in [6.07, 6.45) is 2.18. The third-order valence-electron chi connectivity index (χ3n) is 3.48. The standard InChI is InChI=1S/C15H22BrNO/c1-5-12(6-2)11(4)17-15(18)13-8-7-10(3)9-14(13)16/h7-9,11-12H,5-6H2,1-4H3,(H,17,18). The molecule has 0 aliphatic carbocycles. The lowest BCUT2D eigenvalue weighted by atomic mass is 9.95. The fraction of sp³-hybridized carbons (Fsp3) is 0.533. The van der Waals surface area contributed by atoms with Crippen molar-refractivity contribution in [1.82, 2.24) is 5.32 Å². The van der Waals surface area contributed by atoms with Crippen LogP contribution < -0.4 is 5.32 Å². The highest BCUT2D eigenvalue weighted by Gasteiger charge is 2.17. The van der Waals surface area contributed by atoms with Gasteiger partial charge in [0.1, 0.15) is 0 Å². The Morgan fingerprint density at radius 1 is 1.33 bits per heavy atom. The van der Waals surface area contributed by atoms with Crippen LogP contribution in [-0.2, 0) is 0 Å². The van der Waals surface area contributed by atoms with Crippen LogP contribution in [0.5, 0.6) is 0 Å². The average molecular weight is 312 g/mol. The zero-order chi connectivity index (χ0) is 13.7. The largest absolute Gasteiger partial charge is 0.349 e. The number of rotatable bonds is 5. The summed E-state index contributed by atoms with van der Waals surface area (Å²) in [4.78, 5) is 12.2. The van der Waals surface area contributed by atoms with Gasteiger partial charge in [-0.15, -0.1) is 0 Å². The van der Waals surface area contributed by atoms with Crippen molar-refractivity contribution in [3.8, 4) is 0 Å². The van der Waals surface area contributed by atoms with Crippen molar-refractivity contribution >= 4 is 21.8 Å². The van der Waals surface area contributed by atoms with E-state index in [0.29, 0.717) is 11.5 Å². The van der Waals surface area contributed by atoms with Gasteiger partial charge < -0.3 is 5.32 Å². The number of hydrogen-bond acceptors (Lipinski definition) is 1. The molecule has 1 aromatic carbocycles. The van der Waals surface area contributed by atoms with Crippen LogP contribution in [0.4, 0.5) is 0 Å². The van der Waals surface area contributed by atoms with Crippen LogP contribution in [0.25, 0.3) is 0 Å². The van der Waals surface area contributed by atoms with Gasteiger partial charge in [-0.05, 0) is 53.4 Å². The third kappa shape index (κ3) is 3.84. The second-order valence-electron chi connectivity index (χ2n) is 4.82. The zero-order valence-corrected chi connectivity index (χ0v) is 13.2. The Labute approximate surface area is 118 Å². The first kappa shape index (κ1) is 15.2.